The highest BCUT2D eigenvalue weighted by Crippen LogP contribution is 2.39. The summed E-state index contributed by atoms with van der Waals surface area (Å²) in [5.74, 6) is 0.643. The monoisotopic (exact) mass is 394 g/mol. The van der Waals surface area contributed by atoms with Gasteiger partial charge in [0, 0.05) is 42.0 Å². The van der Waals surface area contributed by atoms with E-state index in [0.717, 1.165) is 34.8 Å². The van der Waals surface area contributed by atoms with E-state index in [1.165, 1.54) is 6.33 Å². The Morgan fingerprint density at radius 1 is 1.31 bits per heavy atom. The highest BCUT2D eigenvalue weighted by Gasteiger charge is 2.34. The molecule has 0 radical (unpaired) electrons. The molecule has 9 heteroatoms. The van der Waals surface area contributed by atoms with Crippen molar-refractivity contribution in [1.82, 2.24) is 24.5 Å². The third-order valence-electron chi connectivity index (χ3n) is 5.53. The van der Waals surface area contributed by atoms with Crippen LogP contribution in [-0.4, -0.2) is 54.8 Å². The molecule has 0 bridgehead atoms. The quantitative estimate of drug-likeness (QED) is 0.725. The lowest BCUT2D eigenvalue weighted by atomic mass is 9.99. The van der Waals surface area contributed by atoms with Crippen LogP contribution in [-0.2, 0) is 11.2 Å². The minimum absolute atomic E-state index is 0.174. The molecular formula is C20H22N6O3. The molecule has 9 nitrogen and oxygen atoms in total. The Balaban J connectivity index is 1.53. The third kappa shape index (κ3) is 2.84. The van der Waals surface area contributed by atoms with Crippen LogP contribution in [0.25, 0.3) is 17.1 Å². The second kappa shape index (κ2) is 6.61. The first-order valence-corrected chi connectivity index (χ1v) is 9.78. The van der Waals surface area contributed by atoms with Gasteiger partial charge < -0.3 is 14.7 Å². The highest BCUT2D eigenvalue weighted by atomic mass is 16.5. The maximum absolute atomic E-state index is 11.4. The summed E-state index contributed by atoms with van der Waals surface area (Å²) >= 11 is 0. The van der Waals surface area contributed by atoms with Gasteiger partial charge in [-0.25, -0.2) is 14.2 Å². The Hall–Kier alpha value is -3.36. The summed E-state index contributed by atoms with van der Waals surface area (Å²) in [7, 11) is 0. The molecule has 0 amide bonds. The van der Waals surface area contributed by atoms with E-state index in [0.29, 0.717) is 25.4 Å². The molecule has 5 rings (SSSR count). The zero-order chi connectivity index (χ0) is 20.1. The first-order chi connectivity index (χ1) is 14.0. The summed E-state index contributed by atoms with van der Waals surface area (Å²) in [4.78, 5) is 17.6. The topological polar surface area (TPSA) is 98.3 Å². The average Bonchev–Trinajstić information content (AvgIpc) is 3.24. The fraction of sp³-hybridized carbons (Fsp3) is 0.400. The molecule has 0 spiro atoms. The second-order valence-corrected chi connectivity index (χ2v) is 7.65. The molecule has 29 heavy (non-hydrogen) atoms. The zero-order valence-corrected chi connectivity index (χ0v) is 16.3. The van der Waals surface area contributed by atoms with Gasteiger partial charge in [0.1, 0.15) is 18.1 Å². The van der Waals surface area contributed by atoms with Gasteiger partial charge >= 0.3 is 5.97 Å². The minimum Gasteiger partial charge on any atom is -0.492 e. The number of aliphatic carboxylic acids is 1. The summed E-state index contributed by atoms with van der Waals surface area (Å²) in [6.45, 7) is 5.36. The summed E-state index contributed by atoms with van der Waals surface area (Å²) in [6.07, 6.45) is 4.86. The van der Waals surface area contributed by atoms with Gasteiger partial charge in [-0.3, -0.25) is 0 Å². The largest absolute Gasteiger partial charge is 0.492 e. The van der Waals surface area contributed by atoms with Crippen molar-refractivity contribution in [3.63, 3.8) is 0 Å². The number of ether oxygens (including phenoxy) is 1. The van der Waals surface area contributed by atoms with Crippen molar-refractivity contribution in [1.29, 1.82) is 0 Å². The molecule has 1 N–H and O–H groups in total. The number of carbonyl (C=O) groups is 1. The predicted molar refractivity (Wildman–Crippen MR) is 106 cm³/mol. The van der Waals surface area contributed by atoms with Crippen molar-refractivity contribution in [2.45, 2.75) is 38.8 Å². The Morgan fingerprint density at radius 3 is 2.90 bits per heavy atom. The molecule has 4 heterocycles. The molecule has 2 aromatic heterocycles. The smallest absolute Gasteiger partial charge is 0.326 e. The highest BCUT2D eigenvalue weighted by molar-refractivity contribution is 5.82. The lowest BCUT2D eigenvalue weighted by molar-refractivity contribution is -0.139. The van der Waals surface area contributed by atoms with Gasteiger partial charge in [0.25, 0.3) is 0 Å². The summed E-state index contributed by atoms with van der Waals surface area (Å²) < 4.78 is 9.59. The van der Waals surface area contributed by atoms with E-state index in [2.05, 4.69) is 23.9 Å². The third-order valence-corrected chi connectivity index (χ3v) is 5.53. The van der Waals surface area contributed by atoms with Crippen LogP contribution in [0.2, 0.25) is 0 Å². The molecule has 0 saturated carbocycles. The van der Waals surface area contributed by atoms with Gasteiger partial charge in [0.2, 0.25) is 5.95 Å². The Morgan fingerprint density at radius 2 is 2.17 bits per heavy atom. The Kier molecular flexibility index (Phi) is 4.04. The van der Waals surface area contributed by atoms with Gasteiger partial charge in [-0.05, 0) is 32.4 Å². The van der Waals surface area contributed by atoms with E-state index < -0.39 is 12.0 Å². The summed E-state index contributed by atoms with van der Waals surface area (Å²) in [5.41, 5.74) is 3.77. The van der Waals surface area contributed by atoms with Crippen molar-refractivity contribution in [3.8, 4) is 22.8 Å². The zero-order valence-electron chi connectivity index (χ0n) is 16.3. The van der Waals surface area contributed by atoms with Crippen molar-refractivity contribution in [3.05, 3.63) is 36.4 Å². The molecular weight excluding hydrogens is 372 g/mol. The Bertz CT molecular complexity index is 1090. The number of carboxylic acid groups (broad SMARTS) is 1. The number of anilines is 1. The number of fused-ring (bicyclic) bond motifs is 3. The summed E-state index contributed by atoms with van der Waals surface area (Å²) in [5, 5.41) is 18.4. The number of hydrogen-bond donors (Lipinski definition) is 1. The van der Waals surface area contributed by atoms with Crippen molar-refractivity contribution < 1.29 is 14.6 Å². The second-order valence-electron chi connectivity index (χ2n) is 7.65. The number of rotatable bonds is 4. The molecule has 2 aliphatic rings. The average molecular weight is 394 g/mol. The van der Waals surface area contributed by atoms with E-state index in [1.54, 1.807) is 4.68 Å². The lowest BCUT2D eigenvalue weighted by Crippen LogP contribution is -2.52. The first-order valence-electron chi connectivity index (χ1n) is 9.78. The van der Waals surface area contributed by atoms with Gasteiger partial charge in [0.05, 0.1) is 18.3 Å². The van der Waals surface area contributed by atoms with Crippen molar-refractivity contribution in [2.24, 2.45) is 0 Å². The molecule has 3 aromatic rings. The van der Waals surface area contributed by atoms with E-state index in [9.17, 15) is 9.90 Å². The van der Waals surface area contributed by atoms with E-state index in [-0.39, 0.29) is 6.04 Å². The van der Waals surface area contributed by atoms with Gasteiger partial charge in [-0.1, -0.05) is 0 Å². The van der Waals surface area contributed by atoms with Crippen LogP contribution in [0.1, 0.15) is 32.0 Å². The van der Waals surface area contributed by atoms with Crippen LogP contribution in [0.15, 0.2) is 30.7 Å². The van der Waals surface area contributed by atoms with Crippen LogP contribution < -0.4 is 9.64 Å². The molecule has 2 aliphatic heterocycles. The van der Waals surface area contributed by atoms with Crippen LogP contribution in [0.4, 0.5) is 5.69 Å². The molecule has 1 fully saturated rings. The van der Waals surface area contributed by atoms with Crippen LogP contribution in [0.5, 0.6) is 5.75 Å². The molecule has 0 aliphatic carbocycles. The molecule has 1 aromatic carbocycles. The number of hydrogen-bond acceptors (Lipinski definition) is 6. The lowest BCUT2D eigenvalue weighted by Gasteiger charge is -2.40. The van der Waals surface area contributed by atoms with Crippen LogP contribution in [0, 0.1) is 0 Å². The number of aromatic nitrogens is 5. The molecule has 150 valence electrons. The predicted octanol–water partition coefficient (Wildman–Crippen LogP) is 2.31. The van der Waals surface area contributed by atoms with Gasteiger partial charge in [-0.2, -0.15) is 15.2 Å². The van der Waals surface area contributed by atoms with E-state index in [1.807, 2.05) is 34.0 Å². The fourth-order valence-electron chi connectivity index (χ4n) is 3.94. The molecule has 0 unspecified atom stereocenters. The molecule has 1 saturated heterocycles. The molecule has 1 atom stereocenters. The normalized spacial score (nSPS) is 17.9. The van der Waals surface area contributed by atoms with Gasteiger partial charge in [0.15, 0.2) is 0 Å². The van der Waals surface area contributed by atoms with Crippen LogP contribution in [0.3, 0.4) is 0 Å². The number of carboxylic acids is 1. The maximum atomic E-state index is 11.4. The number of nitrogens with zero attached hydrogens (tertiary/aromatic N) is 6. The van der Waals surface area contributed by atoms with E-state index in [4.69, 9.17) is 9.84 Å². The maximum Gasteiger partial charge on any atom is 0.326 e. The van der Waals surface area contributed by atoms with E-state index >= 15 is 0 Å². The van der Waals surface area contributed by atoms with Crippen LogP contribution >= 0.6 is 0 Å². The standard InChI is InChI=1S/C20H22N6O3/c1-12(2)26-20(21-11-22-26)25-10-15-14-4-3-13(24-7-5-17(24)19(27)28)9-18(14)29-8-6-16(15)23-25/h3-4,9-12,17H,5-8H2,1-2H3,(H,27,28)/t17-/m0/s1. The number of benzene rings is 1. The van der Waals surface area contributed by atoms with Crippen molar-refractivity contribution >= 4 is 11.7 Å². The SMILES string of the molecule is CC(C)n1ncnc1-n1cc2c(n1)CCOc1cc(N3CC[C@H]3C(=O)O)ccc1-2. The first kappa shape index (κ1) is 17.7. The summed E-state index contributed by atoms with van der Waals surface area (Å²) in [6, 6.07) is 5.60. The van der Waals surface area contributed by atoms with Gasteiger partial charge in [-0.15, -0.1) is 0 Å². The van der Waals surface area contributed by atoms with Crippen molar-refractivity contribution in [2.75, 3.05) is 18.1 Å². The Labute approximate surface area is 167 Å². The minimum atomic E-state index is -0.787. The fourth-order valence-corrected chi connectivity index (χ4v) is 3.94.